The quantitative estimate of drug-likeness (QED) is 0.476. The number of hydrogen-bond acceptors (Lipinski definition) is 5. The van der Waals surface area contributed by atoms with E-state index >= 15 is 0 Å². The zero-order chi connectivity index (χ0) is 16.1. The molecular weight excluding hydrogens is 274 g/mol. The van der Waals surface area contributed by atoms with Crippen molar-refractivity contribution in [2.45, 2.75) is 51.6 Å². The monoisotopic (exact) mass is 305 g/mol. The number of carbonyl (C=O) groups is 1. The fraction of sp³-hybridized carbons (Fsp3) is 0.933. The highest BCUT2D eigenvalue weighted by Gasteiger charge is 2.36. The second-order valence-corrected chi connectivity index (χ2v) is 5.36. The molecule has 0 spiro atoms. The average molecular weight is 305 g/mol. The lowest BCUT2D eigenvalue weighted by molar-refractivity contribution is -0.146. The van der Waals surface area contributed by atoms with Gasteiger partial charge in [0.25, 0.3) is 0 Å². The first-order valence-corrected chi connectivity index (χ1v) is 7.64. The third-order valence-corrected chi connectivity index (χ3v) is 3.27. The molecule has 0 radical (unpaired) electrons. The summed E-state index contributed by atoms with van der Waals surface area (Å²) in [5.41, 5.74) is -0.855. The summed E-state index contributed by atoms with van der Waals surface area (Å²) in [6.45, 7) is 8.56. The van der Waals surface area contributed by atoms with Gasteiger partial charge >= 0.3 is 5.97 Å². The molecule has 2 N–H and O–H groups in total. The molecule has 0 bridgehead atoms. The van der Waals surface area contributed by atoms with Gasteiger partial charge in [0.1, 0.15) is 5.54 Å². The van der Waals surface area contributed by atoms with Crippen LogP contribution >= 0.6 is 0 Å². The van der Waals surface area contributed by atoms with Crippen LogP contribution in [-0.2, 0) is 19.0 Å². The zero-order valence-electron chi connectivity index (χ0n) is 13.8. The van der Waals surface area contributed by atoms with Crippen molar-refractivity contribution in [1.82, 2.24) is 5.32 Å². The summed E-state index contributed by atoms with van der Waals surface area (Å²) in [6.07, 6.45) is 1.82. The first-order chi connectivity index (χ1) is 9.98. The molecule has 0 aromatic rings. The van der Waals surface area contributed by atoms with E-state index in [-0.39, 0.29) is 6.04 Å². The Morgan fingerprint density at radius 2 is 1.71 bits per heavy atom. The molecule has 0 aliphatic rings. The number of nitrogens with one attached hydrogen (secondary N) is 1. The minimum atomic E-state index is -0.855. The molecule has 21 heavy (non-hydrogen) atoms. The largest absolute Gasteiger partial charge is 0.480 e. The maximum absolute atomic E-state index is 11.5. The van der Waals surface area contributed by atoms with Gasteiger partial charge in [0.15, 0.2) is 0 Å². The van der Waals surface area contributed by atoms with Gasteiger partial charge in [0.05, 0.1) is 26.4 Å². The summed E-state index contributed by atoms with van der Waals surface area (Å²) in [6, 6.07) is 0.135. The summed E-state index contributed by atoms with van der Waals surface area (Å²) >= 11 is 0. The number of carboxylic acid groups (broad SMARTS) is 1. The number of ether oxygens (including phenoxy) is 3. The molecule has 0 aliphatic carbocycles. The molecule has 0 saturated heterocycles. The normalized spacial score (nSPS) is 14.3. The van der Waals surface area contributed by atoms with E-state index < -0.39 is 11.5 Å². The number of aliphatic carboxylic acids is 1. The predicted octanol–water partition coefficient (Wildman–Crippen LogP) is 1.68. The number of carboxylic acids is 1. The molecule has 0 heterocycles. The average Bonchev–Trinajstić information content (AvgIpc) is 2.43. The van der Waals surface area contributed by atoms with Gasteiger partial charge in [0.2, 0.25) is 0 Å². The van der Waals surface area contributed by atoms with Crippen LogP contribution < -0.4 is 5.32 Å². The fourth-order valence-corrected chi connectivity index (χ4v) is 2.16. The van der Waals surface area contributed by atoms with Crippen molar-refractivity contribution in [3.05, 3.63) is 0 Å². The molecule has 6 heteroatoms. The van der Waals surface area contributed by atoms with E-state index in [0.717, 1.165) is 0 Å². The summed E-state index contributed by atoms with van der Waals surface area (Å²) < 4.78 is 15.6. The Kier molecular flexibility index (Phi) is 11.5. The van der Waals surface area contributed by atoms with Crippen molar-refractivity contribution in [3.63, 3.8) is 0 Å². The van der Waals surface area contributed by atoms with Crippen molar-refractivity contribution < 1.29 is 24.1 Å². The van der Waals surface area contributed by atoms with Gasteiger partial charge in [-0.3, -0.25) is 10.1 Å². The van der Waals surface area contributed by atoms with Gasteiger partial charge < -0.3 is 19.3 Å². The Hall–Kier alpha value is -0.690. The highest BCUT2D eigenvalue weighted by Crippen LogP contribution is 2.19. The van der Waals surface area contributed by atoms with Crippen molar-refractivity contribution >= 4 is 5.97 Å². The molecular formula is C15H31NO5. The summed E-state index contributed by atoms with van der Waals surface area (Å²) in [5.74, 6) is -0.790. The lowest BCUT2D eigenvalue weighted by Gasteiger charge is -2.31. The van der Waals surface area contributed by atoms with E-state index in [1.807, 2.05) is 20.8 Å². The molecule has 0 aromatic heterocycles. The van der Waals surface area contributed by atoms with Gasteiger partial charge in [0, 0.05) is 19.8 Å². The van der Waals surface area contributed by atoms with Gasteiger partial charge in [-0.05, 0) is 33.1 Å². The Labute approximate surface area is 128 Å². The molecule has 0 rings (SSSR count). The summed E-state index contributed by atoms with van der Waals surface area (Å²) in [4.78, 5) is 11.5. The molecule has 0 aliphatic heterocycles. The Morgan fingerprint density at radius 3 is 2.19 bits per heavy atom. The number of hydrogen-bond donors (Lipinski definition) is 2. The van der Waals surface area contributed by atoms with E-state index in [1.165, 1.54) is 0 Å². The second-order valence-electron chi connectivity index (χ2n) is 5.36. The van der Waals surface area contributed by atoms with Crippen molar-refractivity contribution in [2.75, 3.05) is 40.1 Å². The van der Waals surface area contributed by atoms with Crippen molar-refractivity contribution in [3.8, 4) is 0 Å². The second kappa shape index (κ2) is 11.9. The van der Waals surface area contributed by atoms with Crippen LogP contribution in [0.15, 0.2) is 0 Å². The summed E-state index contributed by atoms with van der Waals surface area (Å²) in [7, 11) is 1.63. The third kappa shape index (κ3) is 9.03. The maximum atomic E-state index is 11.5. The molecule has 126 valence electrons. The smallest absolute Gasteiger partial charge is 0.323 e. The van der Waals surface area contributed by atoms with Crippen LogP contribution in [0.5, 0.6) is 0 Å². The van der Waals surface area contributed by atoms with E-state index in [0.29, 0.717) is 52.3 Å². The van der Waals surface area contributed by atoms with E-state index in [9.17, 15) is 9.90 Å². The molecule has 0 amide bonds. The fourth-order valence-electron chi connectivity index (χ4n) is 2.16. The van der Waals surface area contributed by atoms with Gasteiger partial charge in [-0.2, -0.15) is 0 Å². The Bertz CT molecular complexity index is 273. The van der Waals surface area contributed by atoms with Crippen molar-refractivity contribution in [1.29, 1.82) is 0 Å². The van der Waals surface area contributed by atoms with E-state index in [4.69, 9.17) is 14.2 Å². The SMILES string of the molecule is CCC(CCCOCCOCCOC)(NC(C)C)C(=O)O. The minimum Gasteiger partial charge on any atom is -0.480 e. The van der Waals surface area contributed by atoms with Gasteiger partial charge in [-0.1, -0.05) is 6.92 Å². The van der Waals surface area contributed by atoms with Crippen LogP contribution in [0.4, 0.5) is 0 Å². The van der Waals surface area contributed by atoms with Crippen LogP contribution in [0, 0.1) is 0 Å². The lowest BCUT2D eigenvalue weighted by Crippen LogP contribution is -2.54. The molecule has 6 nitrogen and oxygen atoms in total. The summed E-state index contributed by atoms with van der Waals surface area (Å²) in [5, 5.41) is 12.6. The standard InChI is InChI=1S/C15H31NO5/c1-5-15(14(17)18,16-13(2)3)7-6-8-20-11-12-21-10-9-19-4/h13,16H,5-12H2,1-4H3,(H,17,18). The highest BCUT2D eigenvalue weighted by molar-refractivity contribution is 5.78. The molecule has 0 fully saturated rings. The van der Waals surface area contributed by atoms with Crippen molar-refractivity contribution in [2.24, 2.45) is 0 Å². The van der Waals surface area contributed by atoms with E-state index in [2.05, 4.69) is 5.32 Å². The number of methoxy groups -OCH3 is 1. The molecule has 0 aromatic carbocycles. The highest BCUT2D eigenvalue weighted by atomic mass is 16.5. The maximum Gasteiger partial charge on any atom is 0.323 e. The Balaban J connectivity index is 3.86. The predicted molar refractivity (Wildman–Crippen MR) is 81.7 cm³/mol. The third-order valence-electron chi connectivity index (χ3n) is 3.27. The minimum absolute atomic E-state index is 0.135. The first kappa shape index (κ1) is 20.3. The topological polar surface area (TPSA) is 77.0 Å². The van der Waals surface area contributed by atoms with E-state index in [1.54, 1.807) is 7.11 Å². The van der Waals surface area contributed by atoms with Crippen LogP contribution in [0.1, 0.15) is 40.0 Å². The number of rotatable bonds is 14. The molecule has 0 saturated carbocycles. The van der Waals surface area contributed by atoms with Crippen LogP contribution in [-0.4, -0.2) is 62.8 Å². The van der Waals surface area contributed by atoms with Crippen LogP contribution in [0.25, 0.3) is 0 Å². The van der Waals surface area contributed by atoms with Gasteiger partial charge in [-0.25, -0.2) is 0 Å². The van der Waals surface area contributed by atoms with Gasteiger partial charge in [-0.15, -0.1) is 0 Å². The molecule has 1 atom stereocenters. The van der Waals surface area contributed by atoms with Crippen LogP contribution in [0.2, 0.25) is 0 Å². The molecule has 1 unspecified atom stereocenters. The lowest BCUT2D eigenvalue weighted by atomic mass is 9.89. The zero-order valence-corrected chi connectivity index (χ0v) is 13.8. The Morgan fingerprint density at radius 1 is 1.14 bits per heavy atom. The first-order valence-electron chi connectivity index (χ1n) is 7.64. The van der Waals surface area contributed by atoms with Crippen LogP contribution in [0.3, 0.4) is 0 Å².